The lowest BCUT2D eigenvalue weighted by molar-refractivity contribution is -0.384. The van der Waals surface area contributed by atoms with Crippen LogP contribution in [-0.2, 0) is 6.54 Å². The maximum absolute atomic E-state index is 12.4. The van der Waals surface area contributed by atoms with E-state index < -0.39 is 4.92 Å². The van der Waals surface area contributed by atoms with Gasteiger partial charge in [0.15, 0.2) is 0 Å². The number of hydrogen-bond acceptors (Lipinski definition) is 4. The fourth-order valence-electron chi connectivity index (χ4n) is 1.89. The molecule has 1 aromatic heterocycles. The molecule has 0 fully saturated rings. The van der Waals surface area contributed by atoms with E-state index >= 15 is 0 Å². The minimum Gasteiger partial charge on any atom is -0.334 e. The van der Waals surface area contributed by atoms with Crippen molar-refractivity contribution in [1.82, 2.24) is 4.90 Å². The van der Waals surface area contributed by atoms with Crippen molar-refractivity contribution in [3.05, 3.63) is 61.3 Å². The van der Waals surface area contributed by atoms with Crippen LogP contribution in [0.15, 0.2) is 35.7 Å². The molecule has 21 heavy (non-hydrogen) atoms. The molecule has 110 valence electrons. The summed E-state index contributed by atoms with van der Waals surface area (Å²) in [6.07, 6.45) is 0. The van der Waals surface area contributed by atoms with E-state index in [0.29, 0.717) is 18.7 Å². The summed E-state index contributed by atoms with van der Waals surface area (Å²) in [5.41, 5.74) is 0.151. The first-order chi connectivity index (χ1) is 10.0. The second kappa shape index (κ2) is 6.69. The van der Waals surface area contributed by atoms with Crippen LogP contribution in [0.2, 0.25) is 5.02 Å². The third-order valence-corrected chi connectivity index (χ3v) is 4.15. The molecule has 1 amide bonds. The predicted octanol–water partition coefficient (Wildman–Crippen LogP) is 3.97. The first kappa shape index (κ1) is 15.5. The number of rotatable bonds is 5. The molecule has 2 rings (SSSR count). The molecule has 0 atom stereocenters. The van der Waals surface area contributed by atoms with Crippen LogP contribution < -0.4 is 0 Å². The van der Waals surface area contributed by atoms with Crippen LogP contribution in [0.4, 0.5) is 5.69 Å². The molecule has 0 N–H and O–H groups in total. The lowest BCUT2D eigenvalue weighted by atomic mass is 10.1. The number of thiophene rings is 1. The normalized spacial score (nSPS) is 10.4. The van der Waals surface area contributed by atoms with E-state index in [9.17, 15) is 14.9 Å². The Balaban J connectivity index is 2.21. The van der Waals surface area contributed by atoms with Crippen molar-refractivity contribution in [1.29, 1.82) is 0 Å². The first-order valence-electron chi connectivity index (χ1n) is 6.28. The average molecular weight is 325 g/mol. The summed E-state index contributed by atoms with van der Waals surface area (Å²) in [6.45, 7) is 2.95. The number of nitro benzene ring substituents is 1. The van der Waals surface area contributed by atoms with Crippen LogP contribution in [0.25, 0.3) is 0 Å². The second-order valence-corrected chi connectivity index (χ2v) is 5.76. The lowest BCUT2D eigenvalue weighted by Gasteiger charge is -2.20. The summed E-state index contributed by atoms with van der Waals surface area (Å²) in [5, 5.41) is 12.7. The predicted molar refractivity (Wildman–Crippen MR) is 82.8 cm³/mol. The van der Waals surface area contributed by atoms with Gasteiger partial charge in [-0.25, -0.2) is 0 Å². The highest BCUT2D eigenvalue weighted by molar-refractivity contribution is 7.09. The summed E-state index contributed by atoms with van der Waals surface area (Å²) in [7, 11) is 0. The average Bonchev–Trinajstić information content (AvgIpc) is 2.96. The number of nitro groups is 1. The molecule has 1 aromatic carbocycles. The van der Waals surface area contributed by atoms with Gasteiger partial charge in [0.1, 0.15) is 5.02 Å². The Morgan fingerprint density at radius 3 is 2.71 bits per heavy atom. The van der Waals surface area contributed by atoms with Crippen molar-refractivity contribution in [3.8, 4) is 0 Å². The molecular weight excluding hydrogens is 312 g/mol. The van der Waals surface area contributed by atoms with Crippen molar-refractivity contribution in [2.75, 3.05) is 6.54 Å². The number of amides is 1. The van der Waals surface area contributed by atoms with Crippen LogP contribution in [0, 0.1) is 10.1 Å². The number of benzene rings is 1. The maximum atomic E-state index is 12.4. The molecule has 1 heterocycles. The Bertz CT molecular complexity index is 658. The van der Waals surface area contributed by atoms with Crippen LogP contribution in [-0.4, -0.2) is 22.3 Å². The highest BCUT2D eigenvalue weighted by Crippen LogP contribution is 2.26. The Morgan fingerprint density at radius 2 is 2.19 bits per heavy atom. The minimum atomic E-state index is -0.570. The fraction of sp³-hybridized carbons (Fsp3) is 0.214. The molecule has 0 saturated carbocycles. The zero-order valence-electron chi connectivity index (χ0n) is 11.3. The lowest BCUT2D eigenvalue weighted by Crippen LogP contribution is -2.30. The zero-order chi connectivity index (χ0) is 15.4. The van der Waals surface area contributed by atoms with Crippen LogP contribution >= 0.6 is 22.9 Å². The summed E-state index contributed by atoms with van der Waals surface area (Å²) in [5.74, 6) is -0.192. The van der Waals surface area contributed by atoms with E-state index in [1.54, 1.807) is 16.2 Å². The van der Waals surface area contributed by atoms with Gasteiger partial charge in [-0.15, -0.1) is 11.3 Å². The topological polar surface area (TPSA) is 63.5 Å². The number of hydrogen-bond donors (Lipinski definition) is 0. The summed E-state index contributed by atoms with van der Waals surface area (Å²) in [6, 6.07) is 7.93. The van der Waals surface area contributed by atoms with E-state index in [1.165, 1.54) is 18.2 Å². The maximum Gasteiger partial charge on any atom is 0.287 e. The van der Waals surface area contributed by atoms with E-state index in [0.717, 1.165) is 4.88 Å². The van der Waals surface area contributed by atoms with Gasteiger partial charge in [-0.2, -0.15) is 0 Å². The molecule has 0 bridgehead atoms. The molecule has 0 unspecified atom stereocenters. The van der Waals surface area contributed by atoms with E-state index in [2.05, 4.69) is 0 Å². The highest BCUT2D eigenvalue weighted by atomic mass is 35.5. The molecule has 2 aromatic rings. The van der Waals surface area contributed by atoms with E-state index in [4.69, 9.17) is 11.6 Å². The molecule has 0 radical (unpaired) electrons. The Hall–Kier alpha value is -1.92. The molecule has 7 heteroatoms. The van der Waals surface area contributed by atoms with Crippen molar-refractivity contribution in [3.63, 3.8) is 0 Å². The summed E-state index contributed by atoms with van der Waals surface area (Å²) in [4.78, 5) is 25.4. The Kier molecular flexibility index (Phi) is 4.93. The van der Waals surface area contributed by atoms with Gasteiger partial charge >= 0.3 is 0 Å². The monoisotopic (exact) mass is 324 g/mol. The quantitative estimate of drug-likeness (QED) is 0.617. The van der Waals surface area contributed by atoms with Gasteiger partial charge in [-0.3, -0.25) is 14.9 Å². The van der Waals surface area contributed by atoms with Gasteiger partial charge in [0, 0.05) is 23.1 Å². The fourth-order valence-corrected chi connectivity index (χ4v) is 2.86. The van der Waals surface area contributed by atoms with Crippen molar-refractivity contribution in [2.24, 2.45) is 0 Å². The van der Waals surface area contributed by atoms with Crippen molar-refractivity contribution < 1.29 is 9.72 Å². The second-order valence-electron chi connectivity index (χ2n) is 4.32. The van der Waals surface area contributed by atoms with E-state index in [-0.39, 0.29) is 16.6 Å². The molecule has 0 aliphatic rings. The summed E-state index contributed by atoms with van der Waals surface area (Å²) < 4.78 is 0. The smallest absolute Gasteiger partial charge is 0.287 e. The highest BCUT2D eigenvalue weighted by Gasteiger charge is 2.19. The first-order valence-corrected chi connectivity index (χ1v) is 7.54. The van der Waals surface area contributed by atoms with Gasteiger partial charge in [0.2, 0.25) is 0 Å². The zero-order valence-corrected chi connectivity index (χ0v) is 12.9. The van der Waals surface area contributed by atoms with Crippen molar-refractivity contribution in [2.45, 2.75) is 13.5 Å². The van der Waals surface area contributed by atoms with Gasteiger partial charge in [0.25, 0.3) is 11.6 Å². The SMILES string of the molecule is CCN(Cc1cccs1)C(=O)c1ccc([N+](=O)[O-])c(Cl)c1. The molecule has 0 aliphatic carbocycles. The molecule has 0 aliphatic heterocycles. The van der Waals surface area contributed by atoms with Gasteiger partial charge < -0.3 is 4.90 Å². The molecule has 0 saturated heterocycles. The Labute approximate surface area is 130 Å². The third kappa shape index (κ3) is 3.59. The molecule has 5 nitrogen and oxygen atoms in total. The third-order valence-electron chi connectivity index (χ3n) is 2.99. The van der Waals surface area contributed by atoms with Gasteiger partial charge in [-0.1, -0.05) is 17.7 Å². The molecule has 0 spiro atoms. The van der Waals surface area contributed by atoms with Crippen molar-refractivity contribution >= 4 is 34.5 Å². The van der Waals surface area contributed by atoms with Crippen LogP contribution in [0.3, 0.4) is 0 Å². The number of nitrogens with zero attached hydrogens (tertiary/aromatic N) is 2. The summed E-state index contributed by atoms with van der Waals surface area (Å²) >= 11 is 7.43. The molecular formula is C14H13ClN2O3S. The van der Waals surface area contributed by atoms with Crippen LogP contribution in [0.1, 0.15) is 22.2 Å². The minimum absolute atomic E-state index is 0.0296. The van der Waals surface area contributed by atoms with Crippen LogP contribution in [0.5, 0.6) is 0 Å². The van der Waals surface area contributed by atoms with Gasteiger partial charge in [-0.05, 0) is 30.5 Å². The standard InChI is InChI=1S/C14H13ClN2O3S/c1-2-16(9-11-4-3-7-21-11)14(18)10-5-6-13(17(19)20)12(15)8-10/h3-8H,2,9H2,1H3. The van der Waals surface area contributed by atoms with E-state index in [1.807, 2.05) is 24.4 Å². The van der Waals surface area contributed by atoms with Gasteiger partial charge in [0.05, 0.1) is 11.5 Å². The Morgan fingerprint density at radius 1 is 1.43 bits per heavy atom. The number of carbonyl (C=O) groups is 1. The largest absolute Gasteiger partial charge is 0.334 e. The number of halogens is 1. The number of carbonyl (C=O) groups excluding carboxylic acids is 1.